The van der Waals surface area contributed by atoms with Gasteiger partial charge in [0.1, 0.15) is 17.2 Å². The number of rotatable bonds is 8. The fourth-order valence-corrected chi connectivity index (χ4v) is 3.21. The van der Waals surface area contributed by atoms with Gasteiger partial charge in [-0.1, -0.05) is 30.3 Å². The minimum Gasteiger partial charge on any atom is -0.497 e. The van der Waals surface area contributed by atoms with Crippen LogP contribution < -0.4 is 19.5 Å². The molecule has 0 radical (unpaired) electrons. The predicted molar refractivity (Wildman–Crippen MR) is 125 cm³/mol. The quantitative estimate of drug-likeness (QED) is 0.420. The van der Waals surface area contributed by atoms with Crippen molar-refractivity contribution in [2.24, 2.45) is 0 Å². The number of carbonyl (C=O) groups excluding carboxylic acids is 1. The summed E-state index contributed by atoms with van der Waals surface area (Å²) in [6, 6.07) is 25.7. The Balaban J connectivity index is 1.38. The van der Waals surface area contributed by atoms with Crippen LogP contribution in [0.15, 0.2) is 84.9 Å². The highest BCUT2D eigenvalue weighted by atomic mass is 16.5. The fourth-order valence-electron chi connectivity index (χ4n) is 3.21. The van der Waals surface area contributed by atoms with Gasteiger partial charge in [0.2, 0.25) is 5.88 Å². The molecule has 33 heavy (non-hydrogen) atoms. The highest BCUT2D eigenvalue weighted by Crippen LogP contribution is 2.25. The van der Waals surface area contributed by atoms with Crippen molar-refractivity contribution < 1.29 is 19.0 Å². The molecule has 3 aromatic carbocycles. The third-order valence-electron chi connectivity index (χ3n) is 4.98. The highest BCUT2D eigenvalue weighted by molar-refractivity contribution is 5.94. The van der Waals surface area contributed by atoms with Crippen LogP contribution in [0.2, 0.25) is 0 Å². The lowest BCUT2D eigenvalue weighted by Crippen LogP contribution is -2.23. The largest absolute Gasteiger partial charge is 0.497 e. The van der Waals surface area contributed by atoms with Gasteiger partial charge in [0.15, 0.2) is 0 Å². The van der Waals surface area contributed by atoms with Crippen LogP contribution in [-0.4, -0.2) is 30.3 Å². The first kappa shape index (κ1) is 21.8. The molecule has 0 atom stereocenters. The zero-order valence-corrected chi connectivity index (χ0v) is 18.3. The molecule has 0 aliphatic heterocycles. The second kappa shape index (κ2) is 10.3. The molecule has 1 N–H and O–H groups in total. The summed E-state index contributed by atoms with van der Waals surface area (Å²) in [4.78, 5) is 12.6. The van der Waals surface area contributed by atoms with E-state index in [9.17, 15) is 4.79 Å². The molecule has 4 rings (SSSR count). The maximum atomic E-state index is 12.6. The number of para-hydroxylation sites is 1. The maximum Gasteiger partial charge on any atom is 0.251 e. The molecule has 0 spiro atoms. The van der Waals surface area contributed by atoms with Crippen LogP contribution in [0, 0.1) is 0 Å². The zero-order valence-electron chi connectivity index (χ0n) is 18.3. The molecule has 0 bridgehead atoms. The van der Waals surface area contributed by atoms with Gasteiger partial charge in [-0.25, -0.2) is 0 Å². The van der Waals surface area contributed by atoms with Gasteiger partial charge in [0.05, 0.1) is 19.9 Å². The topological polar surface area (TPSA) is 82.6 Å². The Kier molecular flexibility index (Phi) is 6.80. The molecule has 0 fully saturated rings. The third-order valence-corrected chi connectivity index (χ3v) is 4.98. The Bertz CT molecular complexity index is 1210. The summed E-state index contributed by atoms with van der Waals surface area (Å²) in [5, 5.41) is 11.3. The van der Waals surface area contributed by atoms with Crippen LogP contribution in [0.1, 0.15) is 15.9 Å². The molecular weight excluding hydrogens is 418 g/mol. The molecule has 166 valence electrons. The molecule has 0 unspecified atom stereocenters. The lowest BCUT2D eigenvalue weighted by molar-refractivity contribution is 0.0950. The fraction of sp³-hybridized carbons (Fsp3) is 0.115. The Hall–Kier alpha value is -4.39. The summed E-state index contributed by atoms with van der Waals surface area (Å²) < 4.78 is 16.3. The maximum absolute atomic E-state index is 12.6. The van der Waals surface area contributed by atoms with E-state index in [0.29, 0.717) is 40.9 Å². The molecule has 0 aliphatic carbocycles. The summed E-state index contributed by atoms with van der Waals surface area (Å²) in [5.74, 6) is 2.28. The van der Waals surface area contributed by atoms with Gasteiger partial charge in [0.25, 0.3) is 5.91 Å². The molecule has 0 saturated heterocycles. The number of ether oxygens (including phenoxy) is 3. The van der Waals surface area contributed by atoms with Crippen molar-refractivity contribution in [2.75, 3.05) is 14.2 Å². The number of nitrogens with zero attached hydrogens (tertiary/aromatic N) is 2. The van der Waals surface area contributed by atoms with Crippen LogP contribution in [0.25, 0.3) is 11.3 Å². The monoisotopic (exact) mass is 441 g/mol. The number of hydrogen-bond acceptors (Lipinski definition) is 6. The van der Waals surface area contributed by atoms with Crippen molar-refractivity contribution in [3.8, 4) is 34.4 Å². The number of hydrogen-bond donors (Lipinski definition) is 1. The highest BCUT2D eigenvalue weighted by Gasteiger charge is 2.10. The lowest BCUT2D eigenvalue weighted by Gasteiger charge is -2.11. The molecule has 1 aromatic heterocycles. The Morgan fingerprint density at radius 2 is 1.61 bits per heavy atom. The standard InChI is InChI=1S/C26H23N3O4/c1-31-22-13-12-20(24(16-22)32-2)17-27-26(30)19-10-8-18(9-11-19)23-14-15-25(29-28-23)33-21-6-4-3-5-7-21/h3-16H,17H2,1-2H3,(H,27,30). The summed E-state index contributed by atoms with van der Waals surface area (Å²) in [6.07, 6.45) is 0. The van der Waals surface area contributed by atoms with E-state index in [4.69, 9.17) is 14.2 Å². The van der Waals surface area contributed by atoms with Gasteiger partial charge in [-0.05, 0) is 42.5 Å². The number of methoxy groups -OCH3 is 2. The summed E-state index contributed by atoms with van der Waals surface area (Å²) in [7, 11) is 3.18. The molecular formula is C26H23N3O4. The third kappa shape index (κ3) is 5.46. The van der Waals surface area contributed by atoms with Gasteiger partial charge in [-0.3, -0.25) is 4.79 Å². The lowest BCUT2D eigenvalue weighted by atomic mass is 10.1. The molecule has 1 heterocycles. The first-order valence-corrected chi connectivity index (χ1v) is 10.3. The van der Waals surface area contributed by atoms with Crippen molar-refractivity contribution in [3.63, 3.8) is 0 Å². The average Bonchev–Trinajstić information content (AvgIpc) is 2.88. The molecule has 7 nitrogen and oxygen atoms in total. The average molecular weight is 441 g/mol. The van der Waals surface area contributed by atoms with Crippen LogP contribution in [0.3, 0.4) is 0 Å². The van der Waals surface area contributed by atoms with E-state index in [1.54, 1.807) is 38.5 Å². The van der Waals surface area contributed by atoms with Crippen molar-refractivity contribution in [1.29, 1.82) is 0 Å². The SMILES string of the molecule is COc1ccc(CNC(=O)c2ccc(-c3ccc(Oc4ccccc4)nn3)cc2)c(OC)c1. The van der Waals surface area contributed by atoms with Crippen molar-refractivity contribution >= 4 is 5.91 Å². The minimum absolute atomic E-state index is 0.183. The van der Waals surface area contributed by atoms with E-state index in [-0.39, 0.29) is 5.91 Å². The number of benzene rings is 3. The normalized spacial score (nSPS) is 10.4. The Morgan fingerprint density at radius 3 is 2.27 bits per heavy atom. The van der Waals surface area contributed by atoms with Gasteiger partial charge >= 0.3 is 0 Å². The second-order valence-electron chi connectivity index (χ2n) is 7.11. The molecule has 4 aromatic rings. The smallest absolute Gasteiger partial charge is 0.251 e. The molecule has 1 amide bonds. The van der Waals surface area contributed by atoms with Crippen molar-refractivity contribution in [3.05, 3.63) is 96.1 Å². The predicted octanol–water partition coefficient (Wildman–Crippen LogP) is 4.88. The minimum atomic E-state index is -0.183. The number of amides is 1. The van der Waals surface area contributed by atoms with Gasteiger partial charge < -0.3 is 19.5 Å². The van der Waals surface area contributed by atoms with Crippen LogP contribution in [-0.2, 0) is 6.54 Å². The van der Waals surface area contributed by atoms with E-state index < -0.39 is 0 Å². The molecule has 0 aliphatic rings. The number of aromatic nitrogens is 2. The van der Waals surface area contributed by atoms with E-state index in [2.05, 4.69) is 15.5 Å². The summed E-state index contributed by atoms with van der Waals surface area (Å²) >= 11 is 0. The van der Waals surface area contributed by atoms with E-state index in [1.807, 2.05) is 60.7 Å². The first-order valence-electron chi connectivity index (χ1n) is 10.3. The Labute approximate surface area is 192 Å². The second-order valence-corrected chi connectivity index (χ2v) is 7.11. The van der Waals surface area contributed by atoms with Crippen LogP contribution in [0.4, 0.5) is 0 Å². The van der Waals surface area contributed by atoms with Crippen LogP contribution in [0.5, 0.6) is 23.1 Å². The van der Waals surface area contributed by atoms with E-state index in [0.717, 1.165) is 11.1 Å². The number of nitrogens with one attached hydrogen (secondary N) is 1. The summed E-state index contributed by atoms with van der Waals surface area (Å²) in [5.41, 5.74) is 2.94. The van der Waals surface area contributed by atoms with Crippen molar-refractivity contribution in [1.82, 2.24) is 15.5 Å². The Morgan fingerprint density at radius 1 is 0.818 bits per heavy atom. The first-order chi connectivity index (χ1) is 16.2. The molecule has 0 saturated carbocycles. The van der Waals surface area contributed by atoms with Crippen LogP contribution >= 0.6 is 0 Å². The zero-order chi connectivity index (χ0) is 23.0. The van der Waals surface area contributed by atoms with E-state index >= 15 is 0 Å². The van der Waals surface area contributed by atoms with Gasteiger partial charge in [0, 0.05) is 35.4 Å². The number of carbonyl (C=O) groups is 1. The summed E-state index contributed by atoms with van der Waals surface area (Å²) in [6.45, 7) is 0.335. The molecule has 7 heteroatoms. The van der Waals surface area contributed by atoms with Gasteiger partial charge in [-0.2, -0.15) is 0 Å². The van der Waals surface area contributed by atoms with E-state index in [1.165, 1.54) is 0 Å². The van der Waals surface area contributed by atoms with Crippen molar-refractivity contribution in [2.45, 2.75) is 6.54 Å². The van der Waals surface area contributed by atoms with Gasteiger partial charge in [-0.15, -0.1) is 10.2 Å².